The second-order valence-corrected chi connectivity index (χ2v) is 7.09. The molecule has 0 saturated carbocycles. The van der Waals surface area contributed by atoms with Crippen LogP contribution in [0.15, 0.2) is 39.6 Å². The average Bonchev–Trinajstić information content (AvgIpc) is 3.36. The van der Waals surface area contributed by atoms with Crippen LogP contribution in [0.25, 0.3) is 11.5 Å². The third-order valence-electron chi connectivity index (χ3n) is 5.08. The van der Waals surface area contributed by atoms with Gasteiger partial charge in [0.15, 0.2) is 12.2 Å². The summed E-state index contributed by atoms with van der Waals surface area (Å²) in [6.45, 7) is 3.18. The summed E-state index contributed by atoms with van der Waals surface area (Å²) in [6.07, 6.45) is 4.84. The number of hydrogen-bond donors (Lipinski definition) is 0. The van der Waals surface area contributed by atoms with Crippen molar-refractivity contribution in [3.63, 3.8) is 0 Å². The molecule has 8 heteroatoms. The molecule has 0 spiro atoms. The van der Waals surface area contributed by atoms with Gasteiger partial charge in [0.25, 0.3) is 11.8 Å². The van der Waals surface area contributed by atoms with Gasteiger partial charge in [-0.3, -0.25) is 4.79 Å². The van der Waals surface area contributed by atoms with Crippen molar-refractivity contribution in [3.8, 4) is 11.5 Å². The number of likely N-dealkylation sites (tertiary alicyclic amines) is 1. The predicted molar refractivity (Wildman–Crippen MR) is 97.9 cm³/mol. The van der Waals surface area contributed by atoms with Crippen LogP contribution in [-0.4, -0.2) is 39.0 Å². The fourth-order valence-corrected chi connectivity index (χ4v) is 3.53. The van der Waals surface area contributed by atoms with Gasteiger partial charge in [-0.2, -0.15) is 4.98 Å². The van der Waals surface area contributed by atoms with Gasteiger partial charge >= 0.3 is 0 Å². The maximum absolute atomic E-state index is 13.0. The molecule has 1 atom stereocenters. The summed E-state index contributed by atoms with van der Waals surface area (Å²) in [5, 5.41) is 4.02. The number of aryl methyl sites for hydroxylation is 2. The summed E-state index contributed by atoms with van der Waals surface area (Å²) in [4.78, 5) is 22.8. The van der Waals surface area contributed by atoms with Crippen LogP contribution in [0, 0.1) is 18.7 Å². The topological polar surface area (TPSA) is 85.3 Å². The summed E-state index contributed by atoms with van der Waals surface area (Å²) < 4.78 is 23.6. The normalized spacial score (nSPS) is 17.1. The molecule has 28 heavy (non-hydrogen) atoms. The lowest BCUT2D eigenvalue weighted by atomic mass is 9.93. The number of benzene rings is 1. The summed E-state index contributed by atoms with van der Waals surface area (Å²) in [6, 6.07) is 5.96. The van der Waals surface area contributed by atoms with Gasteiger partial charge in [-0.1, -0.05) is 5.16 Å². The first-order chi connectivity index (χ1) is 13.6. The van der Waals surface area contributed by atoms with Crippen LogP contribution < -0.4 is 0 Å². The highest BCUT2D eigenvalue weighted by Gasteiger charge is 2.27. The zero-order chi connectivity index (χ0) is 19.5. The summed E-state index contributed by atoms with van der Waals surface area (Å²) in [5.41, 5.74) is 1.31. The predicted octanol–water partition coefficient (Wildman–Crippen LogP) is 3.66. The Bertz CT molecular complexity index is 951. The highest BCUT2D eigenvalue weighted by atomic mass is 19.1. The van der Waals surface area contributed by atoms with E-state index in [0.717, 1.165) is 25.8 Å². The number of carbonyl (C=O) groups is 1. The molecular formula is C20H21FN4O3. The van der Waals surface area contributed by atoms with E-state index < -0.39 is 0 Å². The Kier molecular flexibility index (Phi) is 5.18. The minimum absolute atomic E-state index is 0.0992. The molecule has 1 aromatic carbocycles. The molecule has 0 bridgehead atoms. The number of aromatic nitrogens is 3. The molecule has 1 unspecified atom stereocenters. The molecule has 1 amide bonds. The van der Waals surface area contributed by atoms with Gasteiger partial charge in [0.1, 0.15) is 5.82 Å². The number of piperidine rings is 1. The Labute approximate surface area is 161 Å². The second-order valence-electron chi connectivity index (χ2n) is 7.09. The van der Waals surface area contributed by atoms with Crippen LogP contribution in [0.5, 0.6) is 0 Å². The highest BCUT2D eigenvalue weighted by Crippen LogP contribution is 2.24. The van der Waals surface area contributed by atoms with Gasteiger partial charge in [-0.05, 0) is 56.4 Å². The second kappa shape index (κ2) is 7.92. The molecule has 1 saturated heterocycles. The fraction of sp³-hybridized carbons (Fsp3) is 0.400. The van der Waals surface area contributed by atoms with Gasteiger partial charge in [0, 0.05) is 25.1 Å². The SMILES string of the molecule is Cc1ncoc1C(=O)N1CCCC(CCc2noc(-c3ccc(F)cc3)n2)C1. The number of carbonyl (C=O) groups excluding carboxylic acids is 1. The Morgan fingerprint density at radius 2 is 2.14 bits per heavy atom. The molecule has 1 fully saturated rings. The van der Waals surface area contributed by atoms with Crippen LogP contribution in [0.3, 0.4) is 0 Å². The van der Waals surface area contributed by atoms with Crippen LogP contribution in [0.1, 0.15) is 41.3 Å². The first kappa shape index (κ1) is 18.3. The standard InChI is InChI=1S/C20H21FN4O3/c1-13-18(27-12-22-13)20(26)25-10-2-3-14(11-25)4-9-17-23-19(28-24-17)15-5-7-16(21)8-6-15/h5-8,12,14H,2-4,9-11H2,1H3. The lowest BCUT2D eigenvalue weighted by molar-refractivity contribution is 0.0635. The van der Waals surface area contributed by atoms with Crippen molar-refractivity contribution in [2.75, 3.05) is 13.1 Å². The van der Waals surface area contributed by atoms with Gasteiger partial charge in [-0.25, -0.2) is 9.37 Å². The number of hydrogen-bond acceptors (Lipinski definition) is 6. The largest absolute Gasteiger partial charge is 0.438 e. The van der Waals surface area contributed by atoms with Crippen molar-refractivity contribution < 1.29 is 18.1 Å². The van der Waals surface area contributed by atoms with Crippen LogP contribution in [0.4, 0.5) is 4.39 Å². The van der Waals surface area contributed by atoms with Crippen LogP contribution in [-0.2, 0) is 6.42 Å². The van der Waals surface area contributed by atoms with E-state index in [2.05, 4.69) is 15.1 Å². The molecular weight excluding hydrogens is 363 g/mol. The first-order valence-electron chi connectivity index (χ1n) is 9.38. The van der Waals surface area contributed by atoms with Gasteiger partial charge in [0.05, 0.1) is 5.69 Å². The van der Waals surface area contributed by atoms with E-state index in [-0.39, 0.29) is 11.7 Å². The minimum atomic E-state index is -0.305. The maximum atomic E-state index is 13.0. The fourth-order valence-electron chi connectivity index (χ4n) is 3.53. The third kappa shape index (κ3) is 3.95. The Morgan fingerprint density at radius 1 is 1.32 bits per heavy atom. The summed E-state index contributed by atoms with van der Waals surface area (Å²) in [5.74, 6) is 1.29. The zero-order valence-corrected chi connectivity index (χ0v) is 15.6. The van der Waals surface area contributed by atoms with E-state index >= 15 is 0 Å². The third-order valence-corrected chi connectivity index (χ3v) is 5.08. The first-order valence-corrected chi connectivity index (χ1v) is 9.38. The Morgan fingerprint density at radius 3 is 2.89 bits per heavy atom. The number of amides is 1. The van der Waals surface area contributed by atoms with E-state index in [4.69, 9.17) is 8.94 Å². The van der Waals surface area contributed by atoms with Gasteiger partial charge in [-0.15, -0.1) is 0 Å². The Balaban J connectivity index is 1.34. The highest BCUT2D eigenvalue weighted by molar-refractivity contribution is 5.92. The molecule has 2 aromatic heterocycles. The lowest BCUT2D eigenvalue weighted by Gasteiger charge is -2.32. The molecule has 1 aliphatic rings. The van der Waals surface area contributed by atoms with Crippen LogP contribution in [0.2, 0.25) is 0 Å². The van der Waals surface area contributed by atoms with E-state index in [0.29, 0.717) is 47.6 Å². The van der Waals surface area contributed by atoms with Crippen LogP contribution >= 0.6 is 0 Å². The number of nitrogens with zero attached hydrogens (tertiary/aromatic N) is 4. The van der Waals surface area contributed by atoms with Crippen molar-refractivity contribution in [1.29, 1.82) is 0 Å². The zero-order valence-electron chi connectivity index (χ0n) is 15.6. The van der Waals surface area contributed by atoms with E-state index in [1.165, 1.54) is 18.5 Å². The Hall–Kier alpha value is -3.03. The van der Waals surface area contributed by atoms with Crippen molar-refractivity contribution in [2.24, 2.45) is 5.92 Å². The molecule has 146 valence electrons. The van der Waals surface area contributed by atoms with E-state index in [1.54, 1.807) is 19.1 Å². The van der Waals surface area contributed by atoms with E-state index in [1.807, 2.05) is 4.90 Å². The summed E-state index contributed by atoms with van der Waals surface area (Å²) in [7, 11) is 0. The monoisotopic (exact) mass is 384 g/mol. The summed E-state index contributed by atoms with van der Waals surface area (Å²) >= 11 is 0. The number of oxazole rings is 1. The van der Waals surface area contributed by atoms with Crippen molar-refractivity contribution in [3.05, 3.63) is 53.8 Å². The van der Waals surface area contributed by atoms with E-state index in [9.17, 15) is 9.18 Å². The molecule has 3 aromatic rings. The van der Waals surface area contributed by atoms with Gasteiger partial charge in [0.2, 0.25) is 5.76 Å². The molecule has 0 N–H and O–H groups in total. The smallest absolute Gasteiger partial charge is 0.291 e. The van der Waals surface area contributed by atoms with Crippen molar-refractivity contribution in [1.82, 2.24) is 20.0 Å². The number of halogens is 1. The molecule has 7 nitrogen and oxygen atoms in total. The van der Waals surface area contributed by atoms with Gasteiger partial charge < -0.3 is 13.8 Å². The van der Waals surface area contributed by atoms with Crippen molar-refractivity contribution in [2.45, 2.75) is 32.6 Å². The maximum Gasteiger partial charge on any atom is 0.291 e. The van der Waals surface area contributed by atoms with Crippen molar-refractivity contribution >= 4 is 5.91 Å². The quantitative estimate of drug-likeness (QED) is 0.667. The minimum Gasteiger partial charge on any atom is -0.438 e. The lowest BCUT2D eigenvalue weighted by Crippen LogP contribution is -2.40. The molecule has 0 radical (unpaired) electrons. The molecule has 4 rings (SSSR count). The molecule has 1 aliphatic heterocycles. The number of rotatable bonds is 5. The molecule has 0 aliphatic carbocycles. The average molecular weight is 384 g/mol. The molecule has 3 heterocycles.